The number of ether oxygens (including phenoxy) is 1. The molecule has 1 N–H and O–H groups in total. The molecule has 0 heterocycles. The van der Waals surface area contributed by atoms with Gasteiger partial charge < -0.3 is 10.1 Å². The van der Waals surface area contributed by atoms with Crippen molar-refractivity contribution < 1.29 is 14.3 Å². The maximum Gasteiger partial charge on any atom is 0.338 e. The molecule has 5 nitrogen and oxygen atoms in total. The lowest BCUT2D eigenvalue weighted by atomic mass is 9.90. The summed E-state index contributed by atoms with van der Waals surface area (Å²) in [6.45, 7) is 4.75. The Labute approximate surface area is 139 Å². The average Bonchev–Trinajstić information content (AvgIpc) is 2.47. The van der Waals surface area contributed by atoms with E-state index in [1.807, 2.05) is 19.9 Å². The van der Waals surface area contributed by atoms with Gasteiger partial charge in [0.15, 0.2) is 6.61 Å². The minimum atomic E-state index is -1.02. The van der Waals surface area contributed by atoms with E-state index in [4.69, 9.17) is 33.2 Å². The zero-order chi connectivity index (χ0) is 16.9. The molecule has 1 rings (SSSR count). The number of nitrogens with one attached hydrogen (secondary N) is 1. The van der Waals surface area contributed by atoms with Crippen LogP contribution < -0.4 is 5.32 Å². The first-order valence-electron chi connectivity index (χ1n) is 6.54. The molecule has 0 unspecified atom stereocenters. The van der Waals surface area contributed by atoms with Crippen molar-refractivity contribution in [3.05, 3.63) is 33.8 Å². The highest BCUT2D eigenvalue weighted by atomic mass is 35.5. The summed E-state index contributed by atoms with van der Waals surface area (Å²) < 4.78 is 4.89. The van der Waals surface area contributed by atoms with E-state index in [1.165, 1.54) is 18.2 Å². The number of carbonyl (C=O) groups is 2. The summed E-state index contributed by atoms with van der Waals surface area (Å²) >= 11 is 11.6. The van der Waals surface area contributed by atoms with E-state index >= 15 is 0 Å². The molecule has 22 heavy (non-hydrogen) atoms. The van der Waals surface area contributed by atoms with Crippen LogP contribution in [-0.4, -0.2) is 24.0 Å². The van der Waals surface area contributed by atoms with Gasteiger partial charge in [-0.1, -0.05) is 37.0 Å². The largest absolute Gasteiger partial charge is 0.452 e. The summed E-state index contributed by atoms with van der Waals surface area (Å²) in [4.78, 5) is 23.6. The molecular formula is C15H16Cl2N2O3. The summed E-state index contributed by atoms with van der Waals surface area (Å²) in [6.07, 6.45) is 0. The van der Waals surface area contributed by atoms with Crippen LogP contribution >= 0.6 is 23.2 Å². The molecule has 0 aliphatic carbocycles. The summed E-state index contributed by atoms with van der Waals surface area (Å²) in [5.41, 5.74) is -0.832. The highest BCUT2D eigenvalue weighted by Gasteiger charge is 2.30. The number of nitrogens with zero attached hydrogens (tertiary/aromatic N) is 1. The number of rotatable bonds is 5. The third kappa shape index (κ3) is 4.62. The Bertz CT molecular complexity index is 626. The SMILES string of the molecule is CC(C)[C@@](C)(C#N)NC(=O)COC(=O)c1ccc(Cl)c(Cl)c1. The highest BCUT2D eigenvalue weighted by Crippen LogP contribution is 2.23. The van der Waals surface area contributed by atoms with Crippen LogP contribution in [0.25, 0.3) is 0 Å². The quantitative estimate of drug-likeness (QED) is 0.833. The number of carbonyl (C=O) groups excluding carboxylic acids is 2. The minimum Gasteiger partial charge on any atom is -0.452 e. The van der Waals surface area contributed by atoms with Crippen molar-refractivity contribution in [3.63, 3.8) is 0 Å². The smallest absolute Gasteiger partial charge is 0.338 e. The third-order valence-electron chi connectivity index (χ3n) is 3.28. The van der Waals surface area contributed by atoms with Crippen LogP contribution in [0.3, 0.4) is 0 Å². The topological polar surface area (TPSA) is 79.2 Å². The zero-order valence-electron chi connectivity index (χ0n) is 12.4. The Morgan fingerprint density at radius 3 is 2.50 bits per heavy atom. The van der Waals surface area contributed by atoms with Gasteiger partial charge >= 0.3 is 5.97 Å². The van der Waals surface area contributed by atoms with Crippen LogP contribution in [0.5, 0.6) is 0 Å². The van der Waals surface area contributed by atoms with Gasteiger partial charge in [0, 0.05) is 0 Å². The van der Waals surface area contributed by atoms with E-state index in [9.17, 15) is 9.59 Å². The van der Waals surface area contributed by atoms with Gasteiger partial charge in [0.2, 0.25) is 0 Å². The molecule has 0 saturated heterocycles. The molecule has 1 aromatic carbocycles. The Hall–Kier alpha value is -1.77. The number of hydrogen-bond acceptors (Lipinski definition) is 4. The van der Waals surface area contributed by atoms with E-state index in [2.05, 4.69) is 5.32 Å². The van der Waals surface area contributed by atoms with Gasteiger partial charge in [0.05, 0.1) is 21.7 Å². The van der Waals surface area contributed by atoms with Gasteiger partial charge in [-0.25, -0.2) is 4.79 Å². The van der Waals surface area contributed by atoms with Gasteiger partial charge in [-0.2, -0.15) is 5.26 Å². The summed E-state index contributed by atoms with van der Waals surface area (Å²) in [7, 11) is 0. The molecule has 0 aliphatic rings. The number of amides is 1. The van der Waals surface area contributed by atoms with Crippen molar-refractivity contribution >= 4 is 35.1 Å². The second-order valence-electron chi connectivity index (χ2n) is 5.22. The summed E-state index contributed by atoms with van der Waals surface area (Å²) in [5.74, 6) is -1.34. The van der Waals surface area contributed by atoms with Crippen molar-refractivity contribution in [2.45, 2.75) is 26.3 Å². The van der Waals surface area contributed by atoms with E-state index < -0.39 is 24.0 Å². The molecule has 0 radical (unpaired) electrons. The van der Waals surface area contributed by atoms with Crippen molar-refractivity contribution in [2.24, 2.45) is 5.92 Å². The van der Waals surface area contributed by atoms with Crippen molar-refractivity contribution in [1.82, 2.24) is 5.32 Å². The van der Waals surface area contributed by atoms with Crippen molar-refractivity contribution in [1.29, 1.82) is 5.26 Å². The molecule has 1 aromatic rings. The fraction of sp³-hybridized carbons (Fsp3) is 0.400. The zero-order valence-corrected chi connectivity index (χ0v) is 14.0. The van der Waals surface area contributed by atoms with E-state index in [-0.39, 0.29) is 16.5 Å². The molecule has 0 bridgehead atoms. The normalized spacial score (nSPS) is 13.1. The summed E-state index contributed by atoms with van der Waals surface area (Å²) in [6, 6.07) is 6.31. The molecule has 0 fully saturated rings. The number of hydrogen-bond donors (Lipinski definition) is 1. The van der Waals surface area contributed by atoms with Crippen molar-refractivity contribution in [2.75, 3.05) is 6.61 Å². The lowest BCUT2D eigenvalue weighted by Gasteiger charge is -2.27. The monoisotopic (exact) mass is 342 g/mol. The lowest BCUT2D eigenvalue weighted by molar-refractivity contribution is -0.125. The molecule has 1 amide bonds. The molecule has 0 spiro atoms. The molecule has 1 atom stereocenters. The molecule has 0 aromatic heterocycles. The second kappa shape index (κ2) is 7.48. The van der Waals surface area contributed by atoms with E-state index in [0.29, 0.717) is 5.02 Å². The summed E-state index contributed by atoms with van der Waals surface area (Å²) in [5, 5.41) is 12.2. The Balaban J connectivity index is 2.62. The van der Waals surface area contributed by atoms with Gasteiger partial charge in [-0.05, 0) is 31.0 Å². The van der Waals surface area contributed by atoms with Gasteiger partial charge in [-0.3, -0.25) is 4.79 Å². The predicted molar refractivity (Wildman–Crippen MR) is 83.7 cm³/mol. The Morgan fingerprint density at radius 2 is 2.00 bits per heavy atom. The molecule has 118 valence electrons. The fourth-order valence-corrected chi connectivity index (χ4v) is 1.76. The first-order chi connectivity index (χ1) is 10.2. The van der Waals surface area contributed by atoms with E-state index in [1.54, 1.807) is 6.92 Å². The van der Waals surface area contributed by atoms with Crippen LogP contribution in [0.4, 0.5) is 0 Å². The number of esters is 1. The molecular weight excluding hydrogens is 327 g/mol. The number of nitriles is 1. The fourth-order valence-electron chi connectivity index (χ4n) is 1.46. The van der Waals surface area contributed by atoms with Gasteiger partial charge in [0.1, 0.15) is 5.54 Å². The standard InChI is InChI=1S/C15H16Cl2N2O3/c1-9(2)15(3,8-18)19-13(20)7-22-14(21)10-4-5-11(16)12(17)6-10/h4-6,9H,7H2,1-3H3,(H,19,20)/t15-/m1/s1. The maximum atomic E-state index is 11.8. The van der Waals surface area contributed by atoms with Crippen LogP contribution in [0.2, 0.25) is 10.0 Å². The van der Waals surface area contributed by atoms with Gasteiger partial charge in [0.25, 0.3) is 5.91 Å². The lowest BCUT2D eigenvalue weighted by Crippen LogP contribution is -2.50. The number of halogens is 2. The first kappa shape index (κ1) is 18.3. The Kier molecular flexibility index (Phi) is 6.21. The van der Waals surface area contributed by atoms with Gasteiger partial charge in [-0.15, -0.1) is 0 Å². The molecule has 7 heteroatoms. The minimum absolute atomic E-state index is 0.0905. The Morgan fingerprint density at radius 1 is 1.36 bits per heavy atom. The second-order valence-corrected chi connectivity index (χ2v) is 6.04. The first-order valence-corrected chi connectivity index (χ1v) is 7.29. The van der Waals surface area contributed by atoms with Crippen LogP contribution in [-0.2, 0) is 9.53 Å². The number of benzene rings is 1. The van der Waals surface area contributed by atoms with Crippen molar-refractivity contribution in [3.8, 4) is 6.07 Å². The average molecular weight is 343 g/mol. The van der Waals surface area contributed by atoms with Crippen LogP contribution in [0.15, 0.2) is 18.2 Å². The van der Waals surface area contributed by atoms with Crippen LogP contribution in [0.1, 0.15) is 31.1 Å². The third-order valence-corrected chi connectivity index (χ3v) is 4.01. The highest BCUT2D eigenvalue weighted by molar-refractivity contribution is 6.42. The predicted octanol–water partition coefficient (Wildman–Crippen LogP) is 3.20. The molecule has 0 saturated carbocycles. The van der Waals surface area contributed by atoms with E-state index in [0.717, 1.165) is 0 Å². The van der Waals surface area contributed by atoms with Crippen LogP contribution in [0, 0.1) is 17.2 Å². The maximum absolute atomic E-state index is 11.8. The molecule has 0 aliphatic heterocycles.